The fraction of sp³-hybridized carbons (Fsp3) is 0.800. The van der Waals surface area contributed by atoms with Crippen LogP contribution in [0.15, 0.2) is 11.6 Å². The van der Waals surface area contributed by atoms with Crippen LogP contribution >= 0.6 is 11.3 Å². The zero-order chi connectivity index (χ0) is 13.7. The van der Waals surface area contributed by atoms with E-state index in [1.165, 1.54) is 43.8 Å². The SMILES string of the molecule is CCCNC1(c2nccs2)CCCN(C(C)C)CC1. The van der Waals surface area contributed by atoms with Crippen LogP contribution in [-0.2, 0) is 5.54 Å². The van der Waals surface area contributed by atoms with Gasteiger partial charge in [-0.2, -0.15) is 0 Å². The molecule has 4 heteroatoms. The first-order chi connectivity index (χ1) is 9.18. The Kier molecular flexibility index (Phi) is 5.37. The van der Waals surface area contributed by atoms with Gasteiger partial charge in [-0.1, -0.05) is 6.92 Å². The van der Waals surface area contributed by atoms with E-state index in [1.54, 1.807) is 11.3 Å². The van der Waals surface area contributed by atoms with Crippen molar-refractivity contribution in [2.75, 3.05) is 19.6 Å². The Balaban J connectivity index is 2.14. The maximum absolute atomic E-state index is 4.61. The fourth-order valence-electron chi connectivity index (χ4n) is 2.96. The maximum atomic E-state index is 4.61. The van der Waals surface area contributed by atoms with E-state index in [1.807, 2.05) is 6.20 Å². The normalized spacial score (nSPS) is 25.7. The summed E-state index contributed by atoms with van der Waals surface area (Å²) in [6.07, 6.45) is 6.78. The molecule has 0 spiro atoms. The van der Waals surface area contributed by atoms with Crippen LogP contribution in [0.5, 0.6) is 0 Å². The van der Waals surface area contributed by atoms with Gasteiger partial charge in [0.15, 0.2) is 0 Å². The Hall–Kier alpha value is -0.450. The molecule has 2 rings (SSSR count). The van der Waals surface area contributed by atoms with Crippen molar-refractivity contribution >= 4 is 11.3 Å². The number of nitrogens with zero attached hydrogens (tertiary/aromatic N) is 2. The van der Waals surface area contributed by atoms with Crippen LogP contribution in [0.1, 0.15) is 51.5 Å². The molecule has 19 heavy (non-hydrogen) atoms. The smallest absolute Gasteiger partial charge is 0.113 e. The Bertz CT molecular complexity index is 363. The van der Waals surface area contributed by atoms with E-state index in [9.17, 15) is 0 Å². The monoisotopic (exact) mass is 281 g/mol. The van der Waals surface area contributed by atoms with Crippen LogP contribution in [0, 0.1) is 0 Å². The minimum absolute atomic E-state index is 0.119. The summed E-state index contributed by atoms with van der Waals surface area (Å²) in [6, 6.07) is 0.651. The minimum atomic E-state index is 0.119. The molecule has 0 saturated carbocycles. The van der Waals surface area contributed by atoms with Gasteiger partial charge < -0.3 is 10.2 Å². The van der Waals surface area contributed by atoms with Crippen LogP contribution in [0.25, 0.3) is 0 Å². The Morgan fingerprint density at radius 3 is 2.89 bits per heavy atom. The van der Waals surface area contributed by atoms with Crippen LogP contribution in [0.2, 0.25) is 0 Å². The quantitative estimate of drug-likeness (QED) is 0.898. The highest BCUT2D eigenvalue weighted by atomic mass is 32.1. The molecule has 1 aromatic rings. The lowest BCUT2D eigenvalue weighted by Crippen LogP contribution is -2.44. The van der Waals surface area contributed by atoms with Gasteiger partial charge in [0.25, 0.3) is 0 Å². The van der Waals surface area contributed by atoms with E-state index in [2.05, 4.69) is 41.4 Å². The molecular formula is C15H27N3S. The third kappa shape index (κ3) is 3.56. The summed E-state index contributed by atoms with van der Waals surface area (Å²) in [7, 11) is 0. The molecule has 1 atom stereocenters. The van der Waals surface area contributed by atoms with E-state index in [4.69, 9.17) is 0 Å². The molecule has 2 heterocycles. The second-order valence-corrected chi connectivity index (χ2v) is 6.72. The number of hydrogen-bond donors (Lipinski definition) is 1. The summed E-state index contributed by atoms with van der Waals surface area (Å²) in [5.74, 6) is 0. The summed E-state index contributed by atoms with van der Waals surface area (Å²) >= 11 is 1.81. The van der Waals surface area contributed by atoms with Gasteiger partial charge in [0, 0.05) is 24.2 Å². The Morgan fingerprint density at radius 1 is 1.42 bits per heavy atom. The van der Waals surface area contributed by atoms with Crippen molar-refractivity contribution in [2.45, 2.75) is 58.0 Å². The molecule has 0 amide bonds. The zero-order valence-electron chi connectivity index (χ0n) is 12.5. The molecule has 1 aliphatic rings. The van der Waals surface area contributed by atoms with Gasteiger partial charge in [-0.05, 0) is 52.6 Å². The van der Waals surface area contributed by atoms with E-state index < -0.39 is 0 Å². The maximum Gasteiger partial charge on any atom is 0.113 e. The van der Waals surface area contributed by atoms with Gasteiger partial charge in [0.1, 0.15) is 5.01 Å². The first-order valence-corrected chi connectivity index (χ1v) is 8.45. The third-order valence-corrected chi connectivity index (χ3v) is 5.14. The van der Waals surface area contributed by atoms with Crippen molar-refractivity contribution in [2.24, 2.45) is 0 Å². The fourth-order valence-corrected chi connectivity index (χ4v) is 3.84. The van der Waals surface area contributed by atoms with Gasteiger partial charge >= 0.3 is 0 Å². The zero-order valence-corrected chi connectivity index (χ0v) is 13.3. The first-order valence-electron chi connectivity index (χ1n) is 7.57. The first kappa shape index (κ1) is 14.9. The lowest BCUT2D eigenvalue weighted by atomic mass is 9.91. The van der Waals surface area contributed by atoms with E-state index in [0.717, 1.165) is 6.54 Å². The molecule has 1 aromatic heterocycles. The summed E-state index contributed by atoms with van der Waals surface area (Å²) in [5, 5.41) is 7.20. The highest BCUT2D eigenvalue weighted by molar-refractivity contribution is 7.09. The molecule has 0 bridgehead atoms. The van der Waals surface area contributed by atoms with Gasteiger partial charge in [0.2, 0.25) is 0 Å². The molecular weight excluding hydrogens is 254 g/mol. The summed E-state index contributed by atoms with van der Waals surface area (Å²) in [5.41, 5.74) is 0.119. The predicted molar refractivity (Wildman–Crippen MR) is 82.6 cm³/mol. The summed E-state index contributed by atoms with van der Waals surface area (Å²) in [6.45, 7) is 10.3. The number of rotatable bonds is 5. The topological polar surface area (TPSA) is 28.2 Å². The van der Waals surface area contributed by atoms with Crippen molar-refractivity contribution in [1.29, 1.82) is 0 Å². The molecule has 108 valence electrons. The summed E-state index contributed by atoms with van der Waals surface area (Å²) in [4.78, 5) is 7.21. The second kappa shape index (κ2) is 6.82. The van der Waals surface area contributed by atoms with Crippen LogP contribution in [0.4, 0.5) is 0 Å². The van der Waals surface area contributed by atoms with Gasteiger partial charge in [-0.25, -0.2) is 4.98 Å². The number of likely N-dealkylation sites (tertiary alicyclic amines) is 1. The van der Waals surface area contributed by atoms with Crippen molar-refractivity contribution in [3.63, 3.8) is 0 Å². The van der Waals surface area contributed by atoms with Gasteiger partial charge in [0.05, 0.1) is 5.54 Å². The summed E-state index contributed by atoms with van der Waals surface area (Å²) < 4.78 is 0. The predicted octanol–water partition coefficient (Wildman–Crippen LogP) is 3.23. The molecule has 0 radical (unpaired) electrons. The van der Waals surface area contributed by atoms with Crippen LogP contribution in [0.3, 0.4) is 0 Å². The van der Waals surface area contributed by atoms with Crippen LogP contribution in [-0.4, -0.2) is 35.6 Å². The number of hydrogen-bond acceptors (Lipinski definition) is 4. The number of nitrogens with one attached hydrogen (secondary N) is 1. The largest absolute Gasteiger partial charge is 0.305 e. The molecule has 0 aromatic carbocycles. The average molecular weight is 281 g/mol. The third-order valence-electron chi connectivity index (χ3n) is 4.16. The van der Waals surface area contributed by atoms with E-state index in [-0.39, 0.29) is 5.54 Å². The molecule has 1 unspecified atom stereocenters. The van der Waals surface area contributed by atoms with Crippen LogP contribution < -0.4 is 5.32 Å². The lowest BCUT2D eigenvalue weighted by Gasteiger charge is -2.32. The average Bonchev–Trinajstić information content (AvgIpc) is 2.84. The molecule has 1 saturated heterocycles. The van der Waals surface area contributed by atoms with Crippen molar-refractivity contribution in [3.05, 3.63) is 16.6 Å². The van der Waals surface area contributed by atoms with Crippen molar-refractivity contribution < 1.29 is 0 Å². The second-order valence-electron chi connectivity index (χ2n) is 5.83. The number of thiazole rings is 1. The molecule has 1 fully saturated rings. The highest BCUT2D eigenvalue weighted by Crippen LogP contribution is 2.34. The Morgan fingerprint density at radius 2 is 2.26 bits per heavy atom. The standard InChI is InChI=1S/C15H27N3S/c1-4-8-17-15(14-16-9-12-19-14)6-5-10-18(11-7-15)13(2)3/h9,12-13,17H,4-8,10-11H2,1-3H3. The molecule has 0 aliphatic carbocycles. The minimum Gasteiger partial charge on any atom is -0.305 e. The Labute approximate surface area is 121 Å². The van der Waals surface area contributed by atoms with Crippen molar-refractivity contribution in [1.82, 2.24) is 15.2 Å². The number of aromatic nitrogens is 1. The molecule has 1 N–H and O–H groups in total. The highest BCUT2D eigenvalue weighted by Gasteiger charge is 2.36. The van der Waals surface area contributed by atoms with Gasteiger partial charge in [-0.3, -0.25) is 0 Å². The van der Waals surface area contributed by atoms with E-state index >= 15 is 0 Å². The molecule has 3 nitrogen and oxygen atoms in total. The van der Waals surface area contributed by atoms with Gasteiger partial charge in [-0.15, -0.1) is 11.3 Å². The molecule has 1 aliphatic heterocycles. The van der Waals surface area contributed by atoms with Crippen molar-refractivity contribution in [3.8, 4) is 0 Å². The lowest BCUT2D eigenvalue weighted by molar-refractivity contribution is 0.217. The van der Waals surface area contributed by atoms with E-state index in [0.29, 0.717) is 6.04 Å².